The lowest BCUT2D eigenvalue weighted by atomic mass is 9.90. The van der Waals surface area contributed by atoms with Gasteiger partial charge in [-0.1, -0.05) is 27.2 Å². The van der Waals surface area contributed by atoms with E-state index in [0.29, 0.717) is 18.9 Å². The molecule has 2 atom stereocenters. The first-order valence-corrected chi connectivity index (χ1v) is 10.3. The number of likely N-dealkylation sites (tertiary alicyclic amines) is 1. The van der Waals surface area contributed by atoms with E-state index in [1.165, 1.54) is 19.1 Å². The summed E-state index contributed by atoms with van der Waals surface area (Å²) in [6, 6.07) is 0.248. The monoisotopic (exact) mass is 332 g/mol. The summed E-state index contributed by atoms with van der Waals surface area (Å²) >= 11 is 0. The molecule has 5 nitrogen and oxygen atoms in total. The Balaban J connectivity index is 2.52. The first-order chi connectivity index (χ1) is 10.0. The summed E-state index contributed by atoms with van der Waals surface area (Å²) < 4.78 is 22.6. The zero-order valence-electron chi connectivity index (χ0n) is 14.7. The van der Waals surface area contributed by atoms with Gasteiger partial charge in [0, 0.05) is 25.4 Å². The van der Waals surface area contributed by atoms with Gasteiger partial charge in [0.25, 0.3) is 0 Å². The minimum atomic E-state index is -2.96. The molecule has 1 saturated heterocycles. The molecular formula is C16H32N2O3S. The van der Waals surface area contributed by atoms with Gasteiger partial charge < -0.3 is 10.2 Å². The number of nitrogens with zero attached hydrogens (tertiary/aromatic N) is 1. The van der Waals surface area contributed by atoms with E-state index >= 15 is 0 Å². The van der Waals surface area contributed by atoms with E-state index in [2.05, 4.69) is 19.2 Å². The van der Waals surface area contributed by atoms with Gasteiger partial charge >= 0.3 is 6.03 Å². The molecule has 0 spiro atoms. The fourth-order valence-corrected chi connectivity index (χ4v) is 3.70. The topological polar surface area (TPSA) is 66.5 Å². The van der Waals surface area contributed by atoms with Gasteiger partial charge in [0.15, 0.2) is 0 Å². The molecule has 2 amide bonds. The summed E-state index contributed by atoms with van der Waals surface area (Å²) in [6.45, 7) is 9.58. The highest BCUT2D eigenvalue weighted by Crippen LogP contribution is 2.22. The van der Waals surface area contributed by atoms with Crippen LogP contribution >= 0.6 is 0 Å². The number of amides is 2. The Hall–Kier alpha value is -0.780. The Morgan fingerprint density at radius 2 is 1.91 bits per heavy atom. The Labute approximate surface area is 135 Å². The number of urea groups is 1. The highest BCUT2D eigenvalue weighted by Gasteiger charge is 2.27. The summed E-state index contributed by atoms with van der Waals surface area (Å²) in [7, 11) is -2.96. The van der Waals surface area contributed by atoms with Crippen molar-refractivity contribution in [2.45, 2.75) is 59.4 Å². The van der Waals surface area contributed by atoms with Crippen molar-refractivity contribution in [2.24, 2.45) is 11.3 Å². The number of carbonyl (C=O) groups is 1. The number of hydrogen-bond donors (Lipinski definition) is 1. The third kappa shape index (κ3) is 6.99. The van der Waals surface area contributed by atoms with Crippen molar-refractivity contribution in [3.8, 4) is 0 Å². The van der Waals surface area contributed by atoms with E-state index in [4.69, 9.17) is 0 Å². The van der Waals surface area contributed by atoms with Crippen LogP contribution in [-0.2, 0) is 9.84 Å². The molecule has 0 aliphatic carbocycles. The van der Waals surface area contributed by atoms with Gasteiger partial charge in [-0.15, -0.1) is 0 Å². The second kappa shape index (κ2) is 7.66. The van der Waals surface area contributed by atoms with Crippen molar-refractivity contribution >= 4 is 15.9 Å². The largest absolute Gasteiger partial charge is 0.337 e. The van der Waals surface area contributed by atoms with Crippen molar-refractivity contribution in [3.05, 3.63) is 0 Å². The molecule has 0 bridgehead atoms. The molecule has 0 aromatic carbocycles. The van der Waals surface area contributed by atoms with Crippen LogP contribution in [0.3, 0.4) is 0 Å². The van der Waals surface area contributed by atoms with Gasteiger partial charge in [-0.05, 0) is 37.5 Å². The van der Waals surface area contributed by atoms with Crippen molar-refractivity contribution in [1.29, 1.82) is 0 Å². The molecule has 1 aliphatic heterocycles. The molecule has 0 radical (unpaired) electrons. The van der Waals surface area contributed by atoms with Crippen molar-refractivity contribution < 1.29 is 13.2 Å². The third-order valence-corrected chi connectivity index (χ3v) is 5.43. The van der Waals surface area contributed by atoms with E-state index < -0.39 is 9.84 Å². The van der Waals surface area contributed by atoms with Crippen LogP contribution in [0.15, 0.2) is 0 Å². The molecule has 1 N–H and O–H groups in total. The van der Waals surface area contributed by atoms with Crippen LogP contribution in [0.1, 0.15) is 53.4 Å². The first kappa shape index (κ1) is 19.3. The quantitative estimate of drug-likeness (QED) is 0.841. The smallest absolute Gasteiger partial charge is 0.317 e. The number of sulfone groups is 1. The van der Waals surface area contributed by atoms with Crippen LogP contribution in [0, 0.1) is 11.3 Å². The predicted molar refractivity (Wildman–Crippen MR) is 90.7 cm³/mol. The third-order valence-electron chi connectivity index (χ3n) is 4.49. The van der Waals surface area contributed by atoms with Crippen LogP contribution in [0.2, 0.25) is 0 Å². The maximum absolute atomic E-state index is 12.5. The molecule has 6 heteroatoms. The zero-order valence-corrected chi connectivity index (χ0v) is 15.5. The van der Waals surface area contributed by atoms with E-state index in [-0.39, 0.29) is 23.2 Å². The molecule has 1 heterocycles. The first-order valence-electron chi connectivity index (χ1n) is 8.22. The SMILES string of the molecule is C[C@@H]1CCC[C@@H](C)N(C(=O)NCC(C)(C)CCS(C)(=O)=O)C1. The molecule has 0 saturated carbocycles. The lowest BCUT2D eigenvalue weighted by Gasteiger charge is -2.31. The average Bonchev–Trinajstić information content (AvgIpc) is 2.55. The standard InChI is InChI=1S/C16H32N2O3S/c1-13-7-6-8-14(2)18(11-13)15(19)17-12-16(3,4)9-10-22(5,20)21/h13-14H,6-12H2,1-5H3,(H,17,19)/t13-,14-/m1/s1. The van der Waals surface area contributed by atoms with Gasteiger partial charge in [0.05, 0.1) is 5.75 Å². The Kier molecular flexibility index (Phi) is 6.71. The van der Waals surface area contributed by atoms with Crippen molar-refractivity contribution in [3.63, 3.8) is 0 Å². The Morgan fingerprint density at radius 3 is 2.50 bits per heavy atom. The van der Waals surface area contributed by atoms with Crippen molar-refractivity contribution in [2.75, 3.05) is 25.1 Å². The van der Waals surface area contributed by atoms with Crippen molar-refractivity contribution in [1.82, 2.24) is 10.2 Å². The minimum Gasteiger partial charge on any atom is -0.337 e. The van der Waals surface area contributed by atoms with Crippen LogP contribution < -0.4 is 5.32 Å². The fourth-order valence-electron chi connectivity index (χ4n) is 2.77. The minimum absolute atomic E-state index is 0.0197. The highest BCUT2D eigenvalue weighted by molar-refractivity contribution is 7.90. The van der Waals surface area contributed by atoms with Gasteiger partial charge in [-0.25, -0.2) is 13.2 Å². The Morgan fingerprint density at radius 1 is 1.27 bits per heavy atom. The molecule has 0 aromatic rings. The molecule has 0 unspecified atom stereocenters. The van der Waals surface area contributed by atoms with Gasteiger partial charge in [0.1, 0.15) is 9.84 Å². The number of rotatable bonds is 5. The van der Waals surface area contributed by atoms with Crippen LogP contribution in [-0.4, -0.2) is 50.5 Å². The summed E-state index contributed by atoms with van der Waals surface area (Å²) in [5.74, 6) is 0.696. The summed E-state index contributed by atoms with van der Waals surface area (Å²) in [6.07, 6.45) is 5.20. The second-order valence-corrected chi connectivity index (χ2v) is 10.0. The van der Waals surface area contributed by atoms with E-state index in [1.54, 1.807) is 0 Å². The number of nitrogens with one attached hydrogen (secondary N) is 1. The van der Waals surface area contributed by atoms with E-state index in [1.807, 2.05) is 18.7 Å². The fraction of sp³-hybridized carbons (Fsp3) is 0.938. The molecule has 1 fully saturated rings. The normalized spacial score (nSPS) is 24.0. The predicted octanol–water partition coefficient (Wildman–Crippen LogP) is 2.67. The molecule has 1 aliphatic rings. The molecule has 0 aromatic heterocycles. The molecule has 22 heavy (non-hydrogen) atoms. The highest BCUT2D eigenvalue weighted by atomic mass is 32.2. The second-order valence-electron chi connectivity index (χ2n) is 7.74. The molecule has 130 valence electrons. The summed E-state index contributed by atoms with van der Waals surface area (Å²) in [5, 5.41) is 3.00. The average molecular weight is 333 g/mol. The van der Waals surface area contributed by atoms with Crippen LogP contribution in [0.25, 0.3) is 0 Å². The van der Waals surface area contributed by atoms with E-state index in [0.717, 1.165) is 13.0 Å². The zero-order chi connectivity index (χ0) is 17.0. The van der Waals surface area contributed by atoms with E-state index in [9.17, 15) is 13.2 Å². The number of carbonyl (C=O) groups excluding carboxylic acids is 1. The van der Waals surface area contributed by atoms with Crippen LogP contribution in [0.5, 0.6) is 0 Å². The van der Waals surface area contributed by atoms with Gasteiger partial charge in [-0.3, -0.25) is 0 Å². The maximum Gasteiger partial charge on any atom is 0.317 e. The summed E-state index contributed by atoms with van der Waals surface area (Å²) in [4.78, 5) is 14.4. The molecular weight excluding hydrogens is 300 g/mol. The van der Waals surface area contributed by atoms with Crippen LogP contribution in [0.4, 0.5) is 4.79 Å². The molecule has 1 rings (SSSR count). The summed E-state index contributed by atoms with van der Waals surface area (Å²) in [5.41, 5.74) is -0.223. The lowest BCUT2D eigenvalue weighted by Crippen LogP contribution is -2.48. The lowest BCUT2D eigenvalue weighted by molar-refractivity contribution is 0.168. The number of hydrogen-bond acceptors (Lipinski definition) is 3. The maximum atomic E-state index is 12.5. The Bertz CT molecular complexity index is 474. The van der Waals surface area contributed by atoms with Gasteiger partial charge in [0.2, 0.25) is 0 Å². The van der Waals surface area contributed by atoms with Gasteiger partial charge in [-0.2, -0.15) is 0 Å².